The number of nitrogens with one attached hydrogen (secondary N) is 2. The molecular weight excluding hydrogens is 294 g/mol. The highest BCUT2D eigenvalue weighted by atomic mass is 16.5. The van der Waals surface area contributed by atoms with Crippen LogP contribution in [0.25, 0.3) is 0 Å². The summed E-state index contributed by atoms with van der Waals surface area (Å²) in [6, 6.07) is 7.04. The maximum atomic E-state index is 12.9. The number of amides is 2. The van der Waals surface area contributed by atoms with Crippen LogP contribution in [-0.2, 0) is 9.53 Å². The third-order valence-corrected chi connectivity index (χ3v) is 4.83. The fourth-order valence-corrected chi connectivity index (χ4v) is 3.32. The number of morpholine rings is 1. The zero-order valence-corrected chi connectivity index (χ0v) is 13.4. The van der Waals surface area contributed by atoms with E-state index < -0.39 is 5.54 Å². The molecule has 3 rings (SSSR count). The number of anilines is 1. The second-order valence-electron chi connectivity index (χ2n) is 6.10. The summed E-state index contributed by atoms with van der Waals surface area (Å²) in [6.07, 6.45) is 2.84. The molecule has 1 aliphatic carbocycles. The minimum absolute atomic E-state index is 0.0275. The third kappa shape index (κ3) is 3.09. The highest BCUT2D eigenvalue weighted by Gasteiger charge is 2.49. The van der Waals surface area contributed by atoms with Gasteiger partial charge in [0.25, 0.3) is 5.91 Å². The second kappa shape index (κ2) is 6.68. The SMILES string of the molecule is CNC(=O)c1cccc(NC(=O)C2(N3CCOCC3)CCC2)c1. The van der Waals surface area contributed by atoms with E-state index in [4.69, 9.17) is 4.74 Å². The van der Waals surface area contributed by atoms with E-state index in [1.54, 1.807) is 25.2 Å². The molecule has 0 unspecified atom stereocenters. The van der Waals surface area contributed by atoms with Crippen LogP contribution in [0.5, 0.6) is 0 Å². The topological polar surface area (TPSA) is 70.7 Å². The van der Waals surface area contributed by atoms with Gasteiger partial charge in [0.15, 0.2) is 0 Å². The Bertz CT molecular complexity index is 593. The molecule has 0 bridgehead atoms. The Balaban J connectivity index is 1.74. The van der Waals surface area contributed by atoms with E-state index in [1.807, 2.05) is 6.07 Å². The van der Waals surface area contributed by atoms with Crippen LogP contribution in [0, 0.1) is 0 Å². The molecule has 6 heteroatoms. The molecule has 2 fully saturated rings. The zero-order chi connectivity index (χ0) is 16.3. The lowest BCUT2D eigenvalue weighted by atomic mass is 9.74. The average molecular weight is 317 g/mol. The van der Waals surface area contributed by atoms with Gasteiger partial charge in [-0.2, -0.15) is 0 Å². The summed E-state index contributed by atoms with van der Waals surface area (Å²) in [4.78, 5) is 26.8. The standard InChI is InChI=1S/C17H23N3O3/c1-18-15(21)13-4-2-5-14(12-13)19-16(22)17(6-3-7-17)20-8-10-23-11-9-20/h2,4-5,12H,3,6-11H2,1H3,(H,18,21)(H,19,22). The van der Waals surface area contributed by atoms with Gasteiger partial charge in [0.05, 0.1) is 13.2 Å². The summed E-state index contributed by atoms with van der Waals surface area (Å²) in [5.74, 6) is -0.132. The van der Waals surface area contributed by atoms with Crippen LogP contribution >= 0.6 is 0 Å². The van der Waals surface area contributed by atoms with E-state index in [2.05, 4.69) is 15.5 Å². The van der Waals surface area contributed by atoms with Gasteiger partial charge in [0.2, 0.25) is 5.91 Å². The van der Waals surface area contributed by atoms with Crippen LogP contribution in [0.15, 0.2) is 24.3 Å². The molecule has 0 spiro atoms. The molecule has 0 aromatic heterocycles. The summed E-state index contributed by atoms with van der Waals surface area (Å²) in [5, 5.41) is 5.59. The lowest BCUT2D eigenvalue weighted by Crippen LogP contribution is -2.63. The molecule has 0 atom stereocenters. The normalized spacial score (nSPS) is 20.4. The van der Waals surface area contributed by atoms with E-state index >= 15 is 0 Å². The predicted octanol–water partition coefficient (Wildman–Crippen LogP) is 1.24. The molecule has 1 aliphatic heterocycles. The van der Waals surface area contributed by atoms with E-state index in [1.165, 1.54) is 0 Å². The monoisotopic (exact) mass is 317 g/mol. The molecule has 2 amide bonds. The molecule has 2 aliphatic rings. The lowest BCUT2D eigenvalue weighted by Gasteiger charge is -2.49. The number of hydrogen-bond acceptors (Lipinski definition) is 4. The predicted molar refractivity (Wildman–Crippen MR) is 87.4 cm³/mol. The first-order chi connectivity index (χ1) is 11.2. The van der Waals surface area contributed by atoms with Crippen LogP contribution < -0.4 is 10.6 Å². The van der Waals surface area contributed by atoms with Gasteiger partial charge < -0.3 is 15.4 Å². The van der Waals surface area contributed by atoms with Crippen molar-refractivity contribution in [3.63, 3.8) is 0 Å². The molecule has 1 saturated carbocycles. The van der Waals surface area contributed by atoms with Gasteiger partial charge >= 0.3 is 0 Å². The van der Waals surface area contributed by atoms with Gasteiger partial charge in [-0.3, -0.25) is 14.5 Å². The summed E-state index contributed by atoms with van der Waals surface area (Å²) in [5.41, 5.74) is 0.794. The number of carbonyl (C=O) groups excluding carboxylic acids is 2. The van der Waals surface area contributed by atoms with Crippen molar-refractivity contribution in [2.45, 2.75) is 24.8 Å². The maximum absolute atomic E-state index is 12.9. The minimum atomic E-state index is -0.410. The number of benzene rings is 1. The quantitative estimate of drug-likeness (QED) is 0.876. The average Bonchev–Trinajstić information content (AvgIpc) is 2.54. The minimum Gasteiger partial charge on any atom is -0.379 e. The third-order valence-electron chi connectivity index (χ3n) is 4.83. The van der Waals surface area contributed by atoms with Gasteiger partial charge in [-0.25, -0.2) is 0 Å². The lowest BCUT2D eigenvalue weighted by molar-refractivity contribution is -0.139. The van der Waals surface area contributed by atoms with Crippen molar-refractivity contribution in [1.29, 1.82) is 0 Å². The highest BCUT2D eigenvalue weighted by Crippen LogP contribution is 2.39. The summed E-state index contributed by atoms with van der Waals surface area (Å²) in [7, 11) is 1.59. The van der Waals surface area contributed by atoms with Crippen molar-refractivity contribution in [2.24, 2.45) is 0 Å². The number of ether oxygens (including phenoxy) is 1. The summed E-state index contributed by atoms with van der Waals surface area (Å²) < 4.78 is 5.40. The first kappa shape index (κ1) is 16.0. The van der Waals surface area contributed by atoms with E-state index in [0.717, 1.165) is 32.4 Å². The van der Waals surface area contributed by atoms with Crippen LogP contribution in [0.4, 0.5) is 5.69 Å². The molecule has 1 saturated heterocycles. The number of carbonyl (C=O) groups is 2. The van der Waals surface area contributed by atoms with Crippen molar-refractivity contribution >= 4 is 17.5 Å². The van der Waals surface area contributed by atoms with Crippen molar-refractivity contribution < 1.29 is 14.3 Å². The molecular formula is C17H23N3O3. The molecule has 6 nitrogen and oxygen atoms in total. The van der Waals surface area contributed by atoms with Crippen molar-refractivity contribution in [3.8, 4) is 0 Å². The second-order valence-corrected chi connectivity index (χ2v) is 6.10. The van der Waals surface area contributed by atoms with Crippen LogP contribution in [0.3, 0.4) is 0 Å². The zero-order valence-electron chi connectivity index (χ0n) is 13.4. The molecule has 23 heavy (non-hydrogen) atoms. The number of hydrogen-bond donors (Lipinski definition) is 2. The highest BCUT2D eigenvalue weighted by molar-refractivity contribution is 6.00. The Kier molecular flexibility index (Phi) is 4.63. The van der Waals surface area contributed by atoms with Gasteiger partial charge in [-0.05, 0) is 37.5 Å². The summed E-state index contributed by atoms with van der Waals surface area (Å²) in [6.45, 7) is 2.96. The Labute approximate surface area is 136 Å². The molecule has 0 radical (unpaired) electrons. The Hall–Kier alpha value is -1.92. The molecule has 2 N–H and O–H groups in total. The molecule has 1 aromatic carbocycles. The smallest absolute Gasteiger partial charge is 0.251 e. The number of nitrogens with zero attached hydrogens (tertiary/aromatic N) is 1. The van der Waals surface area contributed by atoms with E-state index in [9.17, 15) is 9.59 Å². The van der Waals surface area contributed by atoms with E-state index in [-0.39, 0.29) is 11.8 Å². The van der Waals surface area contributed by atoms with Crippen LogP contribution in [0.1, 0.15) is 29.6 Å². The van der Waals surface area contributed by atoms with Crippen molar-refractivity contribution in [1.82, 2.24) is 10.2 Å². The van der Waals surface area contributed by atoms with Crippen LogP contribution in [-0.4, -0.2) is 55.6 Å². The van der Waals surface area contributed by atoms with Gasteiger partial charge in [0.1, 0.15) is 5.54 Å². The van der Waals surface area contributed by atoms with Crippen LogP contribution in [0.2, 0.25) is 0 Å². The Morgan fingerprint density at radius 1 is 1.22 bits per heavy atom. The van der Waals surface area contributed by atoms with Gasteiger partial charge in [-0.15, -0.1) is 0 Å². The summed E-state index contributed by atoms with van der Waals surface area (Å²) >= 11 is 0. The van der Waals surface area contributed by atoms with Gasteiger partial charge in [-0.1, -0.05) is 6.07 Å². The van der Waals surface area contributed by atoms with Crippen molar-refractivity contribution in [2.75, 3.05) is 38.7 Å². The first-order valence-electron chi connectivity index (χ1n) is 8.12. The first-order valence-corrected chi connectivity index (χ1v) is 8.12. The maximum Gasteiger partial charge on any atom is 0.251 e. The van der Waals surface area contributed by atoms with Crippen molar-refractivity contribution in [3.05, 3.63) is 29.8 Å². The Morgan fingerprint density at radius 3 is 2.57 bits per heavy atom. The van der Waals surface area contributed by atoms with Gasteiger partial charge in [0, 0.05) is 31.4 Å². The molecule has 1 heterocycles. The molecule has 124 valence electrons. The Morgan fingerprint density at radius 2 is 1.96 bits per heavy atom. The van der Waals surface area contributed by atoms with E-state index in [0.29, 0.717) is 24.5 Å². The number of rotatable bonds is 4. The fraction of sp³-hybridized carbons (Fsp3) is 0.529. The fourth-order valence-electron chi connectivity index (χ4n) is 3.32. The largest absolute Gasteiger partial charge is 0.379 e. The molecule has 1 aromatic rings.